The lowest BCUT2D eigenvalue weighted by molar-refractivity contribution is -0.384. The van der Waals surface area contributed by atoms with Crippen molar-refractivity contribution in [2.24, 2.45) is 0 Å². The lowest BCUT2D eigenvalue weighted by Crippen LogP contribution is -2.27. The smallest absolute Gasteiger partial charge is 0.271 e. The van der Waals surface area contributed by atoms with Crippen LogP contribution in [0.25, 0.3) is 5.65 Å². The number of aryl methyl sites for hydroxylation is 2. The van der Waals surface area contributed by atoms with Crippen LogP contribution in [0.2, 0.25) is 0 Å². The standard InChI is InChI=1S/C20H21N5O5/c1-12-5-4-10-24-18(13(2)22-19(12)24)20(28)21-9-3-6-17(27)23-15-11-14(25(29)30)7-8-16(15)26/h4-5,7-8,10-11,26H,3,6,9H2,1-2H3,(H,21,28)(H,23,27). The number of anilines is 1. The maximum absolute atomic E-state index is 12.6. The fraction of sp³-hybridized carbons (Fsp3) is 0.250. The van der Waals surface area contributed by atoms with Gasteiger partial charge in [-0.05, 0) is 38.0 Å². The first-order valence-electron chi connectivity index (χ1n) is 9.27. The van der Waals surface area contributed by atoms with E-state index in [1.165, 1.54) is 0 Å². The highest BCUT2D eigenvalue weighted by Crippen LogP contribution is 2.27. The summed E-state index contributed by atoms with van der Waals surface area (Å²) < 4.78 is 1.73. The lowest BCUT2D eigenvalue weighted by atomic mass is 10.2. The van der Waals surface area contributed by atoms with Crippen molar-refractivity contribution in [2.45, 2.75) is 26.7 Å². The number of nitro groups is 1. The summed E-state index contributed by atoms with van der Waals surface area (Å²) in [6, 6.07) is 7.14. The molecule has 3 N–H and O–H groups in total. The molecule has 156 valence electrons. The molecule has 0 spiro atoms. The second kappa shape index (κ2) is 8.60. The molecule has 0 saturated carbocycles. The number of pyridine rings is 1. The average molecular weight is 411 g/mol. The highest BCUT2D eigenvalue weighted by atomic mass is 16.6. The van der Waals surface area contributed by atoms with Crippen LogP contribution < -0.4 is 10.6 Å². The van der Waals surface area contributed by atoms with Crippen molar-refractivity contribution in [2.75, 3.05) is 11.9 Å². The van der Waals surface area contributed by atoms with Crippen molar-refractivity contribution >= 4 is 28.8 Å². The number of nitrogens with one attached hydrogen (secondary N) is 2. The number of nitro benzene ring substituents is 1. The number of phenols is 1. The zero-order valence-corrected chi connectivity index (χ0v) is 16.5. The number of fused-ring (bicyclic) bond motifs is 1. The molecule has 1 aromatic carbocycles. The van der Waals surface area contributed by atoms with Crippen molar-refractivity contribution in [3.05, 3.63) is 63.6 Å². The molecule has 3 rings (SSSR count). The Morgan fingerprint density at radius 2 is 2.03 bits per heavy atom. The van der Waals surface area contributed by atoms with Crippen LogP contribution in [0.3, 0.4) is 0 Å². The molecule has 2 amide bonds. The maximum atomic E-state index is 12.6. The quantitative estimate of drug-likeness (QED) is 0.236. The van der Waals surface area contributed by atoms with Crippen LogP contribution in [-0.4, -0.2) is 37.8 Å². The predicted octanol–water partition coefficient (Wildman–Crippen LogP) is 2.71. The third-order valence-electron chi connectivity index (χ3n) is 4.57. The van der Waals surface area contributed by atoms with Crippen LogP contribution in [0.5, 0.6) is 5.75 Å². The number of aromatic nitrogens is 2. The summed E-state index contributed by atoms with van der Waals surface area (Å²) in [5.74, 6) is -0.982. The number of nitrogens with zero attached hydrogens (tertiary/aromatic N) is 3. The van der Waals surface area contributed by atoms with Crippen LogP contribution in [0.15, 0.2) is 36.5 Å². The Balaban J connectivity index is 1.54. The fourth-order valence-electron chi connectivity index (χ4n) is 3.08. The molecule has 0 unspecified atom stereocenters. The van der Waals surface area contributed by atoms with Gasteiger partial charge in [0, 0.05) is 31.3 Å². The summed E-state index contributed by atoms with van der Waals surface area (Å²) in [6.07, 6.45) is 2.19. The molecular formula is C20H21N5O5. The number of imidazole rings is 1. The molecular weight excluding hydrogens is 390 g/mol. The van der Waals surface area contributed by atoms with Crippen LogP contribution in [0.1, 0.15) is 34.6 Å². The Kier molecular flexibility index (Phi) is 5.95. The van der Waals surface area contributed by atoms with Gasteiger partial charge in [-0.1, -0.05) is 6.07 Å². The summed E-state index contributed by atoms with van der Waals surface area (Å²) in [5, 5.41) is 25.8. The van der Waals surface area contributed by atoms with E-state index in [1.807, 2.05) is 19.1 Å². The molecule has 2 aromatic heterocycles. The molecule has 0 atom stereocenters. The fourth-order valence-corrected chi connectivity index (χ4v) is 3.08. The van der Waals surface area contributed by atoms with Crippen LogP contribution >= 0.6 is 0 Å². The molecule has 3 aromatic rings. The van der Waals surface area contributed by atoms with Crippen molar-refractivity contribution in [3.63, 3.8) is 0 Å². The first-order chi connectivity index (χ1) is 14.3. The number of phenolic OH excluding ortho intramolecular Hbond substituents is 1. The van der Waals surface area contributed by atoms with E-state index in [9.17, 15) is 24.8 Å². The predicted molar refractivity (Wildman–Crippen MR) is 110 cm³/mol. The highest BCUT2D eigenvalue weighted by Gasteiger charge is 2.17. The third-order valence-corrected chi connectivity index (χ3v) is 4.57. The minimum Gasteiger partial charge on any atom is -0.506 e. The number of non-ortho nitro benzene ring substituents is 1. The van der Waals surface area contributed by atoms with E-state index in [1.54, 1.807) is 17.5 Å². The normalized spacial score (nSPS) is 10.7. The lowest BCUT2D eigenvalue weighted by Gasteiger charge is -2.08. The second-order valence-electron chi connectivity index (χ2n) is 6.80. The molecule has 10 heteroatoms. The third kappa shape index (κ3) is 4.37. The van der Waals surface area contributed by atoms with Crippen molar-refractivity contribution in [1.82, 2.24) is 14.7 Å². The molecule has 2 heterocycles. The maximum Gasteiger partial charge on any atom is 0.271 e. The van der Waals surface area contributed by atoms with Gasteiger partial charge in [0.15, 0.2) is 0 Å². The number of hydrogen-bond acceptors (Lipinski definition) is 6. The van der Waals surface area contributed by atoms with Gasteiger partial charge in [-0.3, -0.25) is 24.1 Å². The van der Waals surface area contributed by atoms with Crippen molar-refractivity contribution in [1.29, 1.82) is 0 Å². The number of amides is 2. The van der Waals surface area contributed by atoms with Gasteiger partial charge in [0.05, 0.1) is 16.3 Å². The molecule has 10 nitrogen and oxygen atoms in total. The van der Waals surface area contributed by atoms with Gasteiger partial charge in [-0.15, -0.1) is 0 Å². The van der Waals surface area contributed by atoms with E-state index in [0.717, 1.165) is 29.4 Å². The summed E-state index contributed by atoms with van der Waals surface area (Å²) in [7, 11) is 0. The van der Waals surface area contributed by atoms with Gasteiger partial charge < -0.3 is 15.7 Å². The van der Waals surface area contributed by atoms with E-state index < -0.39 is 10.8 Å². The number of hydrogen-bond donors (Lipinski definition) is 3. The Bertz CT molecular complexity index is 1140. The molecule has 0 aliphatic rings. The first kappa shape index (κ1) is 20.8. The molecule has 0 aliphatic carbocycles. The van der Waals surface area contributed by atoms with Crippen LogP contribution in [-0.2, 0) is 4.79 Å². The van der Waals surface area contributed by atoms with Crippen LogP contribution in [0.4, 0.5) is 11.4 Å². The summed E-state index contributed by atoms with van der Waals surface area (Å²) >= 11 is 0. The van der Waals surface area contributed by atoms with Crippen molar-refractivity contribution in [3.8, 4) is 5.75 Å². The largest absolute Gasteiger partial charge is 0.506 e. The van der Waals surface area contributed by atoms with Gasteiger partial charge in [0.1, 0.15) is 17.1 Å². The Hall–Kier alpha value is -3.95. The van der Waals surface area contributed by atoms with E-state index in [-0.39, 0.29) is 36.0 Å². The number of benzene rings is 1. The molecule has 30 heavy (non-hydrogen) atoms. The minimum absolute atomic E-state index is 0.0324. The minimum atomic E-state index is -0.617. The van der Waals surface area contributed by atoms with Gasteiger partial charge >= 0.3 is 0 Å². The number of rotatable bonds is 7. The summed E-state index contributed by atoms with van der Waals surface area (Å²) in [4.78, 5) is 39.3. The molecule has 0 fully saturated rings. The zero-order chi connectivity index (χ0) is 21.8. The molecule has 0 saturated heterocycles. The van der Waals surface area contributed by atoms with Gasteiger partial charge in [0.2, 0.25) is 5.91 Å². The van der Waals surface area contributed by atoms with Gasteiger partial charge in [0.25, 0.3) is 11.6 Å². The Morgan fingerprint density at radius 1 is 1.27 bits per heavy atom. The highest BCUT2D eigenvalue weighted by molar-refractivity contribution is 5.95. The first-order valence-corrected chi connectivity index (χ1v) is 9.27. The van der Waals surface area contributed by atoms with Crippen LogP contribution in [0, 0.1) is 24.0 Å². The second-order valence-corrected chi connectivity index (χ2v) is 6.80. The average Bonchev–Trinajstić information content (AvgIpc) is 3.04. The number of aromatic hydroxyl groups is 1. The number of carbonyl (C=O) groups is 2. The Morgan fingerprint density at radius 3 is 2.77 bits per heavy atom. The summed E-state index contributed by atoms with van der Waals surface area (Å²) in [6.45, 7) is 3.94. The molecule has 0 bridgehead atoms. The molecule has 0 aliphatic heterocycles. The monoisotopic (exact) mass is 411 g/mol. The van der Waals surface area contributed by atoms with E-state index >= 15 is 0 Å². The molecule has 0 radical (unpaired) electrons. The van der Waals surface area contributed by atoms with Gasteiger partial charge in [-0.25, -0.2) is 4.98 Å². The SMILES string of the molecule is Cc1nc2c(C)cccn2c1C(=O)NCCCC(=O)Nc1cc([N+](=O)[O-])ccc1O. The number of carbonyl (C=O) groups excluding carboxylic acids is 2. The van der Waals surface area contributed by atoms with E-state index in [0.29, 0.717) is 17.8 Å². The Labute approximate surface area is 171 Å². The topological polar surface area (TPSA) is 139 Å². The van der Waals surface area contributed by atoms with E-state index in [2.05, 4.69) is 15.6 Å². The van der Waals surface area contributed by atoms with Gasteiger partial charge in [-0.2, -0.15) is 0 Å². The van der Waals surface area contributed by atoms with E-state index in [4.69, 9.17) is 0 Å². The zero-order valence-electron chi connectivity index (χ0n) is 16.5. The van der Waals surface area contributed by atoms with Crippen molar-refractivity contribution < 1.29 is 19.6 Å². The summed E-state index contributed by atoms with van der Waals surface area (Å²) in [5.41, 5.74) is 2.46.